The number of hydrogen-bond donors (Lipinski definition) is 1. The highest BCUT2D eigenvalue weighted by atomic mass is 79.9. The van der Waals surface area contributed by atoms with Crippen molar-refractivity contribution >= 4 is 27.5 Å². The van der Waals surface area contributed by atoms with Gasteiger partial charge in [-0.3, -0.25) is 0 Å². The van der Waals surface area contributed by atoms with Crippen LogP contribution in [0.25, 0.3) is 0 Å². The van der Waals surface area contributed by atoms with Gasteiger partial charge in [-0.25, -0.2) is 9.38 Å². The standard InChI is InChI=1S/C8H8BrFN2/c1-5(11)12-8-4-6(9)2-3-7(8)10/h2-4H,1H3,(H2,11,12). The van der Waals surface area contributed by atoms with Crippen LogP contribution in [-0.4, -0.2) is 5.84 Å². The molecule has 0 bridgehead atoms. The quantitative estimate of drug-likeness (QED) is 0.585. The monoisotopic (exact) mass is 230 g/mol. The molecule has 4 heteroatoms. The summed E-state index contributed by atoms with van der Waals surface area (Å²) in [4.78, 5) is 3.81. The highest BCUT2D eigenvalue weighted by Gasteiger charge is 2.00. The molecule has 12 heavy (non-hydrogen) atoms. The molecule has 0 radical (unpaired) electrons. The van der Waals surface area contributed by atoms with Crippen molar-refractivity contribution in [2.45, 2.75) is 6.92 Å². The third kappa shape index (κ3) is 2.30. The number of benzene rings is 1. The van der Waals surface area contributed by atoms with Crippen molar-refractivity contribution in [3.05, 3.63) is 28.5 Å². The zero-order valence-corrected chi connectivity index (χ0v) is 8.10. The van der Waals surface area contributed by atoms with E-state index in [1.54, 1.807) is 19.1 Å². The van der Waals surface area contributed by atoms with Crippen LogP contribution in [0.2, 0.25) is 0 Å². The van der Waals surface area contributed by atoms with Crippen molar-refractivity contribution in [3.63, 3.8) is 0 Å². The zero-order chi connectivity index (χ0) is 9.14. The first-order valence-electron chi connectivity index (χ1n) is 3.35. The Morgan fingerprint density at radius 2 is 2.25 bits per heavy atom. The molecule has 2 N–H and O–H groups in total. The Morgan fingerprint density at radius 3 is 2.83 bits per heavy atom. The Hall–Kier alpha value is -0.900. The van der Waals surface area contributed by atoms with Crippen molar-refractivity contribution in [1.29, 1.82) is 0 Å². The Balaban J connectivity index is 3.14. The van der Waals surface area contributed by atoms with Crippen molar-refractivity contribution in [1.82, 2.24) is 0 Å². The minimum absolute atomic E-state index is 0.254. The molecule has 0 saturated heterocycles. The summed E-state index contributed by atoms with van der Waals surface area (Å²) in [6.07, 6.45) is 0. The lowest BCUT2D eigenvalue weighted by Crippen LogP contribution is -2.04. The summed E-state index contributed by atoms with van der Waals surface area (Å²) in [6.45, 7) is 1.61. The first kappa shape index (κ1) is 9.19. The van der Waals surface area contributed by atoms with Crippen LogP contribution >= 0.6 is 15.9 Å². The Labute approximate surface area is 78.4 Å². The molecule has 0 saturated carbocycles. The average Bonchev–Trinajstić information content (AvgIpc) is 1.96. The van der Waals surface area contributed by atoms with Crippen LogP contribution in [0.4, 0.5) is 10.1 Å². The van der Waals surface area contributed by atoms with E-state index in [1.165, 1.54) is 6.07 Å². The van der Waals surface area contributed by atoms with Gasteiger partial charge in [-0.1, -0.05) is 15.9 Å². The number of amidine groups is 1. The molecule has 0 aliphatic rings. The zero-order valence-electron chi connectivity index (χ0n) is 6.51. The predicted molar refractivity (Wildman–Crippen MR) is 51.1 cm³/mol. The normalized spacial score (nSPS) is 11.8. The maximum Gasteiger partial charge on any atom is 0.148 e. The maximum absolute atomic E-state index is 12.9. The molecule has 0 aromatic heterocycles. The lowest BCUT2D eigenvalue weighted by molar-refractivity contribution is 0.629. The number of halogens is 2. The third-order valence-corrected chi connectivity index (χ3v) is 1.70. The highest BCUT2D eigenvalue weighted by molar-refractivity contribution is 9.10. The molecule has 0 amide bonds. The van der Waals surface area contributed by atoms with Gasteiger partial charge in [-0.05, 0) is 25.1 Å². The molecule has 64 valence electrons. The van der Waals surface area contributed by atoms with Crippen LogP contribution in [0.3, 0.4) is 0 Å². The molecule has 0 unspecified atom stereocenters. The second-order valence-corrected chi connectivity index (χ2v) is 3.26. The van der Waals surface area contributed by atoms with E-state index < -0.39 is 0 Å². The molecule has 0 heterocycles. The molecule has 2 nitrogen and oxygen atoms in total. The minimum atomic E-state index is -0.372. The largest absolute Gasteiger partial charge is 0.387 e. The number of nitrogens with two attached hydrogens (primary N) is 1. The number of hydrogen-bond acceptors (Lipinski definition) is 1. The van der Waals surface area contributed by atoms with Gasteiger partial charge in [0.15, 0.2) is 0 Å². The molecular weight excluding hydrogens is 223 g/mol. The topological polar surface area (TPSA) is 38.4 Å². The van der Waals surface area contributed by atoms with Gasteiger partial charge in [-0.2, -0.15) is 0 Å². The van der Waals surface area contributed by atoms with E-state index in [4.69, 9.17) is 5.73 Å². The van der Waals surface area contributed by atoms with Crippen molar-refractivity contribution in [3.8, 4) is 0 Å². The van der Waals surface area contributed by atoms with Crippen LogP contribution < -0.4 is 5.73 Å². The second-order valence-electron chi connectivity index (χ2n) is 2.35. The lowest BCUT2D eigenvalue weighted by atomic mass is 10.3. The van der Waals surface area contributed by atoms with E-state index >= 15 is 0 Å². The average molecular weight is 231 g/mol. The Bertz CT molecular complexity index is 319. The molecule has 1 rings (SSSR count). The minimum Gasteiger partial charge on any atom is -0.387 e. The van der Waals surface area contributed by atoms with Gasteiger partial charge in [0.1, 0.15) is 11.5 Å². The van der Waals surface area contributed by atoms with Gasteiger partial charge in [-0.15, -0.1) is 0 Å². The fraction of sp³-hybridized carbons (Fsp3) is 0.125. The second kappa shape index (κ2) is 3.67. The van der Waals surface area contributed by atoms with E-state index in [1.807, 2.05) is 0 Å². The van der Waals surface area contributed by atoms with Gasteiger partial charge in [0, 0.05) is 4.47 Å². The molecule has 1 aromatic carbocycles. The summed E-state index contributed by atoms with van der Waals surface area (Å²) in [5.74, 6) is -0.0324. The van der Waals surface area contributed by atoms with Gasteiger partial charge in [0.05, 0.1) is 5.84 Å². The van der Waals surface area contributed by atoms with Gasteiger partial charge in [0.25, 0.3) is 0 Å². The molecule has 1 aromatic rings. The van der Waals surface area contributed by atoms with E-state index in [2.05, 4.69) is 20.9 Å². The van der Waals surface area contributed by atoms with E-state index in [0.29, 0.717) is 5.84 Å². The SMILES string of the molecule is CC(N)=Nc1cc(Br)ccc1F. The maximum atomic E-state index is 12.9. The summed E-state index contributed by atoms with van der Waals surface area (Å²) in [7, 11) is 0. The number of rotatable bonds is 1. The summed E-state index contributed by atoms with van der Waals surface area (Å²) < 4.78 is 13.7. The molecular formula is C8H8BrFN2. The molecule has 0 atom stereocenters. The first-order valence-corrected chi connectivity index (χ1v) is 4.14. The molecule has 0 aliphatic heterocycles. The summed E-state index contributed by atoms with van der Waals surface area (Å²) in [5.41, 5.74) is 5.57. The first-order chi connectivity index (χ1) is 5.59. The van der Waals surface area contributed by atoms with Crippen molar-refractivity contribution < 1.29 is 4.39 Å². The fourth-order valence-electron chi connectivity index (χ4n) is 0.761. The highest BCUT2D eigenvalue weighted by Crippen LogP contribution is 2.22. The van der Waals surface area contributed by atoms with Gasteiger partial charge in [0.2, 0.25) is 0 Å². The molecule has 0 fully saturated rings. The van der Waals surface area contributed by atoms with E-state index in [0.717, 1.165) is 4.47 Å². The summed E-state index contributed by atoms with van der Waals surface area (Å²) in [5, 5.41) is 0. The number of aliphatic imine (C=N–C) groups is 1. The lowest BCUT2D eigenvalue weighted by Gasteiger charge is -1.97. The van der Waals surface area contributed by atoms with Crippen LogP contribution in [0.5, 0.6) is 0 Å². The summed E-state index contributed by atoms with van der Waals surface area (Å²) >= 11 is 3.21. The van der Waals surface area contributed by atoms with E-state index in [-0.39, 0.29) is 11.5 Å². The fourth-order valence-corrected chi connectivity index (χ4v) is 1.11. The van der Waals surface area contributed by atoms with Crippen LogP contribution in [0.15, 0.2) is 27.7 Å². The Morgan fingerprint density at radius 1 is 1.58 bits per heavy atom. The van der Waals surface area contributed by atoms with Crippen LogP contribution in [0, 0.1) is 5.82 Å². The third-order valence-electron chi connectivity index (χ3n) is 1.20. The van der Waals surface area contributed by atoms with E-state index in [9.17, 15) is 4.39 Å². The molecule has 0 aliphatic carbocycles. The van der Waals surface area contributed by atoms with Crippen molar-refractivity contribution in [2.24, 2.45) is 10.7 Å². The van der Waals surface area contributed by atoms with Crippen LogP contribution in [-0.2, 0) is 0 Å². The van der Waals surface area contributed by atoms with Crippen molar-refractivity contribution in [2.75, 3.05) is 0 Å². The smallest absolute Gasteiger partial charge is 0.148 e. The van der Waals surface area contributed by atoms with Crippen LogP contribution in [0.1, 0.15) is 6.92 Å². The van der Waals surface area contributed by atoms with Gasteiger partial charge < -0.3 is 5.73 Å². The number of nitrogens with zero attached hydrogens (tertiary/aromatic N) is 1. The summed E-state index contributed by atoms with van der Waals surface area (Å²) in [6, 6.07) is 4.53. The van der Waals surface area contributed by atoms with Gasteiger partial charge >= 0.3 is 0 Å². The molecule has 0 spiro atoms. The Kier molecular flexibility index (Phi) is 2.81. The predicted octanol–water partition coefficient (Wildman–Crippen LogP) is 2.60.